The molecule has 0 aliphatic carbocycles. The molecule has 0 aliphatic heterocycles. The zero-order valence-corrected chi connectivity index (χ0v) is 11.6. The zero-order chi connectivity index (χ0) is 13.0. The number of hydrogen-bond donors (Lipinski definition) is 0. The molecule has 0 fully saturated rings. The van der Waals surface area contributed by atoms with Crippen LogP contribution in [0.5, 0.6) is 0 Å². The minimum Gasteiger partial charge on any atom is -0.460 e. The van der Waals surface area contributed by atoms with E-state index >= 15 is 0 Å². The van der Waals surface area contributed by atoms with Gasteiger partial charge in [0.05, 0.1) is 6.61 Å². The van der Waals surface area contributed by atoms with Crippen LogP contribution >= 0.6 is 0 Å². The van der Waals surface area contributed by atoms with E-state index in [1.54, 1.807) is 14.0 Å². The van der Waals surface area contributed by atoms with Crippen molar-refractivity contribution >= 4 is 5.97 Å². The molecule has 0 amide bonds. The van der Waals surface area contributed by atoms with Crippen LogP contribution in [0, 0.1) is 0 Å². The van der Waals surface area contributed by atoms with Crippen molar-refractivity contribution in [3.8, 4) is 0 Å². The molecule has 0 rings (SSSR count). The molecule has 0 N–H and O–H groups in total. The van der Waals surface area contributed by atoms with E-state index in [1.165, 1.54) is 26.6 Å². The van der Waals surface area contributed by atoms with E-state index in [-0.39, 0.29) is 12.1 Å². The summed E-state index contributed by atoms with van der Waals surface area (Å²) in [6.45, 7) is 13.7. The number of carbonyl (C=O) groups excluding carboxylic acids is 1. The lowest BCUT2D eigenvalue weighted by molar-refractivity contribution is -0.147. The van der Waals surface area contributed by atoms with Crippen LogP contribution in [-0.4, -0.2) is 50.3 Å². The maximum atomic E-state index is 10.3. The molecule has 16 heavy (non-hydrogen) atoms. The molecule has 4 nitrogen and oxygen atoms in total. The molecular formula is C12H27NO3. The van der Waals surface area contributed by atoms with Gasteiger partial charge in [-0.2, -0.15) is 0 Å². The average molecular weight is 233 g/mol. The highest BCUT2D eigenvalue weighted by Gasteiger charge is 2.02. The Morgan fingerprint density at radius 3 is 1.81 bits per heavy atom. The molecule has 0 bridgehead atoms. The molecule has 0 saturated carbocycles. The predicted molar refractivity (Wildman–Crippen MR) is 66.6 cm³/mol. The fraction of sp³-hybridized carbons (Fsp3) is 0.917. The Kier molecular flexibility index (Phi) is 13.8. The van der Waals surface area contributed by atoms with Gasteiger partial charge in [-0.1, -0.05) is 20.8 Å². The Morgan fingerprint density at radius 1 is 1.19 bits per heavy atom. The summed E-state index contributed by atoms with van der Waals surface area (Å²) in [5, 5.41) is 0. The normalized spacial score (nSPS) is 11.7. The highest BCUT2D eigenvalue weighted by atomic mass is 16.6. The van der Waals surface area contributed by atoms with Crippen molar-refractivity contribution in [1.29, 1.82) is 0 Å². The summed E-state index contributed by atoms with van der Waals surface area (Å²) in [6.07, 6.45) is -0.132. The van der Waals surface area contributed by atoms with Gasteiger partial charge < -0.3 is 14.4 Å². The van der Waals surface area contributed by atoms with Crippen LogP contribution in [-0.2, 0) is 14.3 Å². The SMILES string of the molecule is CCN(CC)CC.COCC(C)OC(C)=O. The van der Waals surface area contributed by atoms with Crippen LogP contribution in [0.15, 0.2) is 0 Å². The van der Waals surface area contributed by atoms with E-state index in [2.05, 4.69) is 25.7 Å². The molecule has 0 heterocycles. The first-order valence-corrected chi connectivity index (χ1v) is 5.90. The minimum absolute atomic E-state index is 0.132. The molecular weight excluding hydrogens is 206 g/mol. The van der Waals surface area contributed by atoms with Crippen LogP contribution in [0.2, 0.25) is 0 Å². The summed E-state index contributed by atoms with van der Waals surface area (Å²) in [4.78, 5) is 12.6. The summed E-state index contributed by atoms with van der Waals surface area (Å²) in [5.41, 5.74) is 0. The van der Waals surface area contributed by atoms with Crippen LogP contribution in [0.25, 0.3) is 0 Å². The first-order valence-electron chi connectivity index (χ1n) is 5.90. The largest absolute Gasteiger partial charge is 0.460 e. The standard InChI is InChI=1S/C6H15N.C6H12O3/c1-4-7(5-2)6-3;1-5(4-8-3)9-6(2)7/h4-6H2,1-3H3;5H,4H2,1-3H3. The van der Waals surface area contributed by atoms with Crippen LogP contribution in [0.3, 0.4) is 0 Å². The van der Waals surface area contributed by atoms with Crippen LogP contribution < -0.4 is 0 Å². The van der Waals surface area contributed by atoms with Gasteiger partial charge in [-0.15, -0.1) is 0 Å². The van der Waals surface area contributed by atoms with Crippen molar-refractivity contribution in [2.75, 3.05) is 33.4 Å². The van der Waals surface area contributed by atoms with Gasteiger partial charge in [-0.05, 0) is 26.6 Å². The Balaban J connectivity index is 0. The summed E-state index contributed by atoms with van der Waals surface area (Å²) in [7, 11) is 1.57. The minimum atomic E-state index is -0.264. The van der Waals surface area contributed by atoms with Crippen molar-refractivity contribution in [2.24, 2.45) is 0 Å². The monoisotopic (exact) mass is 233 g/mol. The number of methoxy groups -OCH3 is 1. The number of esters is 1. The second-order valence-corrected chi connectivity index (χ2v) is 3.49. The third-order valence-corrected chi connectivity index (χ3v) is 2.11. The Hall–Kier alpha value is -0.610. The molecule has 0 aromatic heterocycles. The molecule has 0 saturated heterocycles. The second kappa shape index (κ2) is 12.5. The van der Waals surface area contributed by atoms with Crippen molar-refractivity contribution in [1.82, 2.24) is 4.90 Å². The molecule has 4 heteroatoms. The van der Waals surface area contributed by atoms with Gasteiger partial charge in [0.25, 0.3) is 0 Å². The number of rotatable bonds is 6. The highest BCUT2D eigenvalue weighted by Crippen LogP contribution is 1.90. The fourth-order valence-electron chi connectivity index (χ4n) is 1.22. The predicted octanol–water partition coefficient (Wildman–Crippen LogP) is 1.93. The van der Waals surface area contributed by atoms with Crippen molar-refractivity contribution in [3.63, 3.8) is 0 Å². The van der Waals surface area contributed by atoms with E-state index in [4.69, 9.17) is 9.47 Å². The Bertz CT molecular complexity index is 153. The number of hydrogen-bond acceptors (Lipinski definition) is 4. The Labute approximate surface area is 99.9 Å². The first kappa shape index (κ1) is 17.8. The molecule has 98 valence electrons. The smallest absolute Gasteiger partial charge is 0.302 e. The lowest BCUT2D eigenvalue weighted by Gasteiger charge is -2.13. The van der Waals surface area contributed by atoms with Gasteiger partial charge in [0, 0.05) is 14.0 Å². The van der Waals surface area contributed by atoms with Crippen molar-refractivity contribution in [3.05, 3.63) is 0 Å². The Morgan fingerprint density at radius 2 is 1.62 bits per heavy atom. The van der Waals surface area contributed by atoms with E-state index in [0.717, 1.165) is 0 Å². The quantitative estimate of drug-likeness (QED) is 0.657. The summed E-state index contributed by atoms with van der Waals surface area (Å²) in [6, 6.07) is 0. The van der Waals surface area contributed by atoms with Crippen molar-refractivity contribution in [2.45, 2.75) is 40.7 Å². The molecule has 0 spiro atoms. The maximum absolute atomic E-state index is 10.3. The topological polar surface area (TPSA) is 38.8 Å². The zero-order valence-electron chi connectivity index (χ0n) is 11.6. The molecule has 0 aliphatic rings. The third kappa shape index (κ3) is 13.4. The lowest BCUT2D eigenvalue weighted by atomic mass is 10.4. The lowest BCUT2D eigenvalue weighted by Crippen LogP contribution is -2.21. The second-order valence-electron chi connectivity index (χ2n) is 3.49. The van der Waals surface area contributed by atoms with Gasteiger partial charge in [0.1, 0.15) is 6.10 Å². The van der Waals surface area contributed by atoms with Crippen molar-refractivity contribution < 1.29 is 14.3 Å². The molecule has 1 unspecified atom stereocenters. The summed E-state index contributed by atoms with van der Waals surface area (Å²) >= 11 is 0. The van der Waals surface area contributed by atoms with E-state index < -0.39 is 0 Å². The number of ether oxygens (including phenoxy) is 2. The van der Waals surface area contributed by atoms with Crippen LogP contribution in [0.1, 0.15) is 34.6 Å². The molecule has 0 aromatic carbocycles. The fourth-order valence-corrected chi connectivity index (χ4v) is 1.22. The van der Waals surface area contributed by atoms with Gasteiger partial charge in [0.15, 0.2) is 0 Å². The summed E-state index contributed by atoms with van der Waals surface area (Å²) < 4.78 is 9.45. The number of nitrogens with zero attached hydrogens (tertiary/aromatic N) is 1. The summed E-state index contributed by atoms with van der Waals surface area (Å²) in [5.74, 6) is -0.264. The number of carbonyl (C=O) groups is 1. The van der Waals surface area contributed by atoms with Gasteiger partial charge in [0.2, 0.25) is 0 Å². The van der Waals surface area contributed by atoms with E-state index in [1.807, 2.05) is 0 Å². The molecule has 0 radical (unpaired) electrons. The average Bonchev–Trinajstić information content (AvgIpc) is 2.20. The van der Waals surface area contributed by atoms with Gasteiger partial charge in [-0.25, -0.2) is 0 Å². The van der Waals surface area contributed by atoms with E-state index in [0.29, 0.717) is 6.61 Å². The highest BCUT2D eigenvalue weighted by molar-refractivity contribution is 5.66. The van der Waals surface area contributed by atoms with Gasteiger partial charge >= 0.3 is 5.97 Å². The maximum Gasteiger partial charge on any atom is 0.302 e. The van der Waals surface area contributed by atoms with Gasteiger partial charge in [-0.3, -0.25) is 4.79 Å². The van der Waals surface area contributed by atoms with Crippen LogP contribution in [0.4, 0.5) is 0 Å². The first-order chi connectivity index (χ1) is 7.51. The molecule has 0 aromatic rings. The molecule has 1 atom stereocenters. The van der Waals surface area contributed by atoms with E-state index in [9.17, 15) is 4.79 Å². The third-order valence-electron chi connectivity index (χ3n) is 2.11.